The zero-order chi connectivity index (χ0) is 25.0. The number of hydrogen-bond donors (Lipinski definition) is 2. The largest absolute Gasteiger partial charge is 0.416 e. The van der Waals surface area contributed by atoms with Crippen molar-refractivity contribution in [1.82, 2.24) is 9.88 Å². The van der Waals surface area contributed by atoms with Gasteiger partial charge in [0.1, 0.15) is 5.82 Å². The van der Waals surface area contributed by atoms with E-state index < -0.39 is 17.8 Å². The smallest absolute Gasteiger partial charge is 0.353 e. The van der Waals surface area contributed by atoms with Crippen molar-refractivity contribution in [3.8, 4) is 0 Å². The molecule has 7 nitrogen and oxygen atoms in total. The van der Waals surface area contributed by atoms with E-state index in [0.29, 0.717) is 48.3 Å². The summed E-state index contributed by atoms with van der Waals surface area (Å²) < 4.78 is 37.9. The van der Waals surface area contributed by atoms with Gasteiger partial charge in [-0.05, 0) is 48.5 Å². The highest BCUT2D eigenvalue weighted by Gasteiger charge is 2.30. The number of benzene rings is 2. The zero-order valence-corrected chi connectivity index (χ0v) is 19.1. The number of carbonyl (C=O) groups excluding carboxylic acids is 2. The number of nitrogens with one attached hydrogen (secondary N) is 2. The van der Waals surface area contributed by atoms with Crippen LogP contribution in [0.15, 0.2) is 66.9 Å². The second-order valence-corrected chi connectivity index (χ2v) is 8.23. The highest BCUT2D eigenvalue weighted by atomic mass is 35.5. The Balaban J connectivity index is 1.29. The summed E-state index contributed by atoms with van der Waals surface area (Å²) in [5, 5.41) is 5.49. The van der Waals surface area contributed by atoms with Crippen LogP contribution in [0.4, 0.5) is 35.2 Å². The quantitative estimate of drug-likeness (QED) is 0.502. The lowest BCUT2D eigenvalue weighted by atomic mass is 10.2. The summed E-state index contributed by atoms with van der Waals surface area (Å²) in [6.07, 6.45) is -2.95. The summed E-state index contributed by atoms with van der Waals surface area (Å²) in [6, 6.07) is 13.9. The molecule has 2 aromatic carbocycles. The number of carbonyl (C=O) groups is 2. The van der Waals surface area contributed by atoms with Crippen molar-refractivity contribution in [2.75, 3.05) is 41.7 Å². The molecule has 0 atom stereocenters. The first-order chi connectivity index (χ1) is 16.7. The van der Waals surface area contributed by atoms with Gasteiger partial charge in [-0.1, -0.05) is 23.7 Å². The molecule has 3 amide bonds. The Kier molecular flexibility index (Phi) is 7.11. The fourth-order valence-corrected chi connectivity index (χ4v) is 3.84. The Morgan fingerprint density at radius 3 is 2.09 bits per heavy atom. The molecule has 2 N–H and O–H groups in total. The van der Waals surface area contributed by atoms with Gasteiger partial charge in [0.25, 0.3) is 5.91 Å². The average Bonchev–Trinajstić information content (AvgIpc) is 2.84. The zero-order valence-electron chi connectivity index (χ0n) is 18.3. The maximum Gasteiger partial charge on any atom is 0.416 e. The Morgan fingerprint density at radius 2 is 1.49 bits per heavy atom. The molecule has 11 heteroatoms. The van der Waals surface area contributed by atoms with Crippen LogP contribution in [0.3, 0.4) is 0 Å². The molecule has 0 aliphatic carbocycles. The molecule has 3 aromatic rings. The molecule has 0 radical (unpaired) electrons. The standard InChI is InChI=1S/C24H21ClF3N5O2/c25-20-4-2-1-3-19(20)22(34)33-13-11-32(12-14-33)21-10-9-18(15-29-21)31-23(35)30-17-7-5-16(6-8-17)24(26,27)28/h1-10,15H,11-14H2,(H2,30,31,35). The minimum atomic E-state index is -4.44. The van der Waals surface area contributed by atoms with Crippen molar-refractivity contribution in [1.29, 1.82) is 0 Å². The van der Waals surface area contributed by atoms with Gasteiger partial charge in [0.15, 0.2) is 0 Å². The summed E-state index contributed by atoms with van der Waals surface area (Å²) in [7, 11) is 0. The van der Waals surface area contributed by atoms with Gasteiger partial charge in [-0.2, -0.15) is 13.2 Å². The van der Waals surface area contributed by atoms with E-state index in [2.05, 4.69) is 15.6 Å². The maximum absolute atomic E-state index is 12.7. The maximum atomic E-state index is 12.7. The van der Waals surface area contributed by atoms with E-state index >= 15 is 0 Å². The molecule has 2 heterocycles. The normalized spacial score (nSPS) is 13.9. The summed E-state index contributed by atoms with van der Waals surface area (Å²) in [6.45, 7) is 2.21. The van der Waals surface area contributed by atoms with Crippen LogP contribution in [0.2, 0.25) is 5.02 Å². The van der Waals surface area contributed by atoms with Gasteiger partial charge in [-0.3, -0.25) is 4.79 Å². The van der Waals surface area contributed by atoms with E-state index in [9.17, 15) is 22.8 Å². The number of nitrogens with zero attached hydrogens (tertiary/aromatic N) is 3. The molecule has 1 aliphatic heterocycles. The topological polar surface area (TPSA) is 77.6 Å². The lowest BCUT2D eigenvalue weighted by Gasteiger charge is -2.35. The van der Waals surface area contributed by atoms with Crippen LogP contribution in [0.1, 0.15) is 15.9 Å². The molecule has 4 rings (SSSR count). The minimum absolute atomic E-state index is 0.109. The number of halogens is 4. The molecule has 1 fully saturated rings. The van der Waals surface area contributed by atoms with Crippen LogP contribution in [-0.4, -0.2) is 48.0 Å². The lowest BCUT2D eigenvalue weighted by molar-refractivity contribution is -0.137. The van der Waals surface area contributed by atoms with E-state index in [1.807, 2.05) is 4.90 Å². The first-order valence-electron chi connectivity index (χ1n) is 10.7. The first kappa shape index (κ1) is 24.3. The molecule has 1 aliphatic rings. The van der Waals surface area contributed by atoms with Crippen LogP contribution in [0.25, 0.3) is 0 Å². The Bertz CT molecular complexity index is 1200. The van der Waals surface area contributed by atoms with Gasteiger partial charge in [-0.15, -0.1) is 0 Å². The number of rotatable bonds is 4. The Labute approximate surface area is 204 Å². The van der Waals surface area contributed by atoms with E-state index in [1.54, 1.807) is 41.3 Å². The molecule has 35 heavy (non-hydrogen) atoms. The fraction of sp³-hybridized carbons (Fsp3) is 0.208. The van der Waals surface area contributed by atoms with Gasteiger partial charge in [0, 0.05) is 31.9 Å². The van der Waals surface area contributed by atoms with Gasteiger partial charge >= 0.3 is 12.2 Å². The molecule has 1 saturated heterocycles. The molecular weight excluding hydrogens is 483 g/mol. The molecule has 182 valence electrons. The predicted octanol–water partition coefficient (Wildman–Crippen LogP) is 5.36. The monoisotopic (exact) mass is 503 g/mol. The number of pyridine rings is 1. The van der Waals surface area contributed by atoms with Gasteiger partial charge in [0.2, 0.25) is 0 Å². The average molecular weight is 504 g/mol. The molecule has 0 unspecified atom stereocenters. The number of piperazine rings is 1. The van der Waals surface area contributed by atoms with Crippen LogP contribution >= 0.6 is 11.6 Å². The number of urea groups is 1. The van der Waals surface area contributed by atoms with Crippen LogP contribution in [-0.2, 0) is 6.18 Å². The van der Waals surface area contributed by atoms with Gasteiger partial charge in [0.05, 0.1) is 28.0 Å². The van der Waals surface area contributed by atoms with Crippen LogP contribution in [0.5, 0.6) is 0 Å². The Hall–Kier alpha value is -3.79. The van der Waals surface area contributed by atoms with Gasteiger partial charge < -0.3 is 20.4 Å². The Morgan fingerprint density at radius 1 is 0.857 bits per heavy atom. The number of anilines is 3. The fourth-order valence-electron chi connectivity index (χ4n) is 3.63. The highest BCUT2D eigenvalue weighted by Crippen LogP contribution is 2.30. The number of amides is 3. The van der Waals surface area contributed by atoms with Crippen LogP contribution in [0, 0.1) is 0 Å². The third kappa shape index (κ3) is 6.02. The molecule has 1 aromatic heterocycles. The van der Waals surface area contributed by atoms with E-state index in [0.717, 1.165) is 12.1 Å². The molecular formula is C24H21ClF3N5O2. The van der Waals surface area contributed by atoms with Crippen LogP contribution < -0.4 is 15.5 Å². The van der Waals surface area contributed by atoms with Crippen molar-refractivity contribution in [2.24, 2.45) is 0 Å². The first-order valence-corrected chi connectivity index (χ1v) is 11.1. The second kappa shape index (κ2) is 10.2. The van der Waals surface area contributed by atoms with Crippen molar-refractivity contribution in [3.63, 3.8) is 0 Å². The third-order valence-corrected chi connectivity index (χ3v) is 5.80. The SMILES string of the molecule is O=C(Nc1ccc(C(F)(F)F)cc1)Nc1ccc(N2CCN(C(=O)c3ccccc3Cl)CC2)nc1. The van der Waals surface area contributed by atoms with E-state index in [-0.39, 0.29) is 11.6 Å². The van der Waals surface area contributed by atoms with Crippen molar-refractivity contribution in [2.45, 2.75) is 6.18 Å². The molecule has 0 spiro atoms. The second-order valence-electron chi connectivity index (χ2n) is 7.82. The number of alkyl halides is 3. The summed E-state index contributed by atoms with van der Waals surface area (Å²) >= 11 is 6.14. The molecule has 0 saturated carbocycles. The van der Waals surface area contributed by atoms with Crippen molar-refractivity contribution < 1.29 is 22.8 Å². The van der Waals surface area contributed by atoms with E-state index in [1.165, 1.54) is 18.3 Å². The number of aromatic nitrogens is 1. The van der Waals surface area contributed by atoms with Gasteiger partial charge in [-0.25, -0.2) is 9.78 Å². The predicted molar refractivity (Wildman–Crippen MR) is 128 cm³/mol. The van der Waals surface area contributed by atoms with Crippen molar-refractivity contribution >= 4 is 40.7 Å². The summed E-state index contributed by atoms with van der Waals surface area (Å²) in [4.78, 5) is 33.0. The molecule has 0 bridgehead atoms. The summed E-state index contributed by atoms with van der Waals surface area (Å²) in [5.41, 5.74) is 0.332. The van der Waals surface area contributed by atoms with E-state index in [4.69, 9.17) is 11.6 Å². The minimum Gasteiger partial charge on any atom is -0.353 e. The summed E-state index contributed by atoms with van der Waals surface area (Å²) in [5.74, 6) is 0.588. The highest BCUT2D eigenvalue weighted by molar-refractivity contribution is 6.33. The number of hydrogen-bond acceptors (Lipinski definition) is 4. The van der Waals surface area contributed by atoms with Crippen molar-refractivity contribution in [3.05, 3.63) is 83.0 Å². The lowest BCUT2D eigenvalue weighted by Crippen LogP contribution is -2.49. The third-order valence-electron chi connectivity index (χ3n) is 5.47.